The van der Waals surface area contributed by atoms with Crippen molar-refractivity contribution in [3.8, 4) is 0 Å². The van der Waals surface area contributed by atoms with E-state index in [0.717, 1.165) is 31.7 Å². The van der Waals surface area contributed by atoms with E-state index in [1.807, 2.05) is 19.1 Å². The molecule has 2 aliphatic heterocycles. The average Bonchev–Trinajstić information content (AvgIpc) is 2.68. The van der Waals surface area contributed by atoms with Crippen LogP contribution in [0.5, 0.6) is 0 Å². The van der Waals surface area contributed by atoms with Crippen molar-refractivity contribution in [1.29, 1.82) is 0 Å². The van der Waals surface area contributed by atoms with E-state index in [9.17, 15) is 4.79 Å². The molecule has 2 aliphatic rings. The molecule has 142 valence electrons. The Morgan fingerprint density at radius 2 is 2.11 bits per heavy atom. The standard InChI is InChI=1S/C18H23N7O2/c1-13-11-15(27)25-16(14-3-2-4-19-12-14)21-17(22-18(25)20-13)24-7-5-23(6-8-24)9-10-26/h2-4,11-12,16,26H,5-10H2,1H3,(H,20,21,22)/t16-/m1/s1. The Hall–Kier alpha value is -2.78. The van der Waals surface area contributed by atoms with Gasteiger partial charge >= 0.3 is 0 Å². The zero-order valence-electron chi connectivity index (χ0n) is 15.2. The van der Waals surface area contributed by atoms with Crippen LogP contribution >= 0.6 is 0 Å². The molecule has 27 heavy (non-hydrogen) atoms. The van der Waals surface area contributed by atoms with Crippen molar-refractivity contribution >= 4 is 11.9 Å². The minimum Gasteiger partial charge on any atom is -0.395 e. The zero-order valence-corrected chi connectivity index (χ0v) is 15.2. The molecule has 0 aromatic carbocycles. The number of piperazine rings is 1. The molecule has 2 aromatic heterocycles. The van der Waals surface area contributed by atoms with Crippen LogP contribution in [0.3, 0.4) is 0 Å². The summed E-state index contributed by atoms with van der Waals surface area (Å²) >= 11 is 0. The number of aliphatic hydroxyl groups is 1. The maximum absolute atomic E-state index is 12.6. The summed E-state index contributed by atoms with van der Waals surface area (Å²) in [7, 11) is 0. The van der Waals surface area contributed by atoms with E-state index in [0.29, 0.717) is 24.1 Å². The predicted molar refractivity (Wildman–Crippen MR) is 102 cm³/mol. The highest BCUT2D eigenvalue weighted by Gasteiger charge is 2.29. The maximum Gasteiger partial charge on any atom is 0.257 e. The van der Waals surface area contributed by atoms with Gasteiger partial charge in [-0.25, -0.2) is 9.98 Å². The SMILES string of the molecule is Cc1cc(=O)n2c(n1)NC(N1CCN(CCO)CC1)=N[C@H]2c1cccnc1. The van der Waals surface area contributed by atoms with E-state index in [1.165, 1.54) is 6.07 Å². The summed E-state index contributed by atoms with van der Waals surface area (Å²) in [4.78, 5) is 30.5. The molecule has 9 nitrogen and oxygen atoms in total. The zero-order chi connectivity index (χ0) is 18.8. The first-order chi connectivity index (χ1) is 13.2. The number of β-amino-alcohol motifs (C(OH)–C–C–N with tert-alkyl or cyclic N) is 1. The molecule has 4 rings (SSSR count). The first-order valence-corrected chi connectivity index (χ1v) is 9.09. The fraction of sp³-hybridized carbons (Fsp3) is 0.444. The van der Waals surface area contributed by atoms with Gasteiger partial charge in [0.15, 0.2) is 6.17 Å². The van der Waals surface area contributed by atoms with Crippen molar-refractivity contribution in [2.45, 2.75) is 13.1 Å². The average molecular weight is 369 g/mol. The molecular formula is C18H23N7O2. The topological polar surface area (TPSA) is 98.9 Å². The molecule has 0 amide bonds. The van der Waals surface area contributed by atoms with Crippen molar-refractivity contribution in [2.75, 3.05) is 44.6 Å². The highest BCUT2D eigenvalue weighted by Crippen LogP contribution is 2.25. The quantitative estimate of drug-likeness (QED) is 0.778. The molecule has 1 saturated heterocycles. The molecule has 4 heterocycles. The lowest BCUT2D eigenvalue weighted by atomic mass is 10.2. The summed E-state index contributed by atoms with van der Waals surface area (Å²) in [6.45, 7) is 5.96. The summed E-state index contributed by atoms with van der Waals surface area (Å²) < 4.78 is 1.57. The van der Waals surface area contributed by atoms with Crippen LogP contribution in [0, 0.1) is 6.92 Å². The molecule has 0 aliphatic carbocycles. The first-order valence-electron chi connectivity index (χ1n) is 9.09. The minimum absolute atomic E-state index is 0.144. The second kappa shape index (κ2) is 7.45. The van der Waals surface area contributed by atoms with Crippen molar-refractivity contribution in [3.63, 3.8) is 0 Å². The summed E-state index contributed by atoms with van der Waals surface area (Å²) in [5.41, 5.74) is 1.36. The molecule has 0 saturated carbocycles. The van der Waals surface area contributed by atoms with Crippen molar-refractivity contribution in [3.05, 3.63) is 52.2 Å². The number of fused-ring (bicyclic) bond motifs is 1. The van der Waals surface area contributed by atoms with Crippen LogP contribution < -0.4 is 10.9 Å². The van der Waals surface area contributed by atoms with Crippen LogP contribution in [0.2, 0.25) is 0 Å². The molecule has 1 fully saturated rings. The number of aromatic nitrogens is 3. The smallest absolute Gasteiger partial charge is 0.257 e. The Balaban J connectivity index is 1.68. The number of aliphatic hydroxyl groups excluding tert-OH is 1. The Labute approximate surface area is 157 Å². The summed E-state index contributed by atoms with van der Waals surface area (Å²) in [6.07, 6.45) is 2.93. The van der Waals surface area contributed by atoms with E-state index in [2.05, 4.69) is 25.1 Å². The second-order valence-electron chi connectivity index (χ2n) is 6.72. The number of hydrogen-bond donors (Lipinski definition) is 2. The van der Waals surface area contributed by atoms with Crippen molar-refractivity contribution < 1.29 is 5.11 Å². The number of aryl methyl sites for hydroxylation is 1. The number of pyridine rings is 1. The second-order valence-corrected chi connectivity index (χ2v) is 6.72. The molecule has 0 radical (unpaired) electrons. The molecular weight excluding hydrogens is 346 g/mol. The van der Waals surface area contributed by atoms with Gasteiger partial charge in [-0.15, -0.1) is 0 Å². The lowest BCUT2D eigenvalue weighted by Crippen LogP contribution is -2.52. The lowest BCUT2D eigenvalue weighted by Gasteiger charge is -2.38. The van der Waals surface area contributed by atoms with Crippen LogP contribution in [0.15, 0.2) is 40.4 Å². The molecule has 2 aromatic rings. The van der Waals surface area contributed by atoms with Gasteiger partial charge in [-0.2, -0.15) is 0 Å². The number of aliphatic imine (C=N–C) groups is 1. The van der Waals surface area contributed by atoms with E-state index >= 15 is 0 Å². The first kappa shape index (κ1) is 17.6. The Kier molecular flexibility index (Phi) is 4.87. The molecule has 2 N–H and O–H groups in total. The normalized spacial score (nSPS) is 20.0. The van der Waals surface area contributed by atoms with Gasteiger partial charge in [0.1, 0.15) is 0 Å². The lowest BCUT2D eigenvalue weighted by molar-refractivity contribution is 0.146. The highest BCUT2D eigenvalue weighted by molar-refractivity contribution is 5.93. The summed E-state index contributed by atoms with van der Waals surface area (Å²) in [5.74, 6) is 1.21. The molecule has 0 unspecified atom stereocenters. The van der Waals surface area contributed by atoms with Gasteiger partial charge in [0.2, 0.25) is 11.9 Å². The predicted octanol–water partition coefficient (Wildman–Crippen LogP) is -0.115. The number of nitrogens with zero attached hydrogens (tertiary/aromatic N) is 6. The molecule has 0 spiro atoms. The van der Waals surface area contributed by atoms with Gasteiger partial charge < -0.3 is 10.0 Å². The van der Waals surface area contributed by atoms with Gasteiger partial charge in [-0.1, -0.05) is 6.07 Å². The van der Waals surface area contributed by atoms with Gasteiger partial charge in [0.05, 0.1) is 6.61 Å². The van der Waals surface area contributed by atoms with Crippen LogP contribution in [-0.4, -0.2) is 74.7 Å². The Morgan fingerprint density at radius 3 is 2.81 bits per heavy atom. The highest BCUT2D eigenvalue weighted by atomic mass is 16.3. The third-order valence-corrected chi connectivity index (χ3v) is 4.86. The van der Waals surface area contributed by atoms with Gasteiger partial charge in [0, 0.05) is 62.4 Å². The van der Waals surface area contributed by atoms with E-state index < -0.39 is 6.17 Å². The number of guanidine groups is 1. The number of nitrogens with one attached hydrogen (secondary N) is 1. The van der Waals surface area contributed by atoms with E-state index in [4.69, 9.17) is 10.1 Å². The molecule has 9 heteroatoms. The monoisotopic (exact) mass is 369 g/mol. The van der Waals surface area contributed by atoms with Crippen LogP contribution in [0.4, 0.5) is 5.95 Å². The van der Waals surface area contributed by atoms with Gasteiger partial charge in [-0.05, 0) is 13.0 Å². The third-order valence-electron chi connectivity index (χ3n) is 4.86. The van der Waals surface area contributed by atoms with Gasteiger partial charge in [0.25, 0.3) is 5.56 Å². The number of anilines is 1. The Bertz CT molecular complexity index is 888. The van der Waals surface area contributed by atoms with Crippen molar-refractivity contribution in [1.82, 2.24) is 24.3 Å². The van der Waals surface area contributed by atoms with Crippen LogP contribution in [0.1, 0.15) is 17.4 Å². The Morgan fingerprint density at radius 1 is 1.30 bits per heavy atom. The third kappa shape index (κ3) is 3.56. The fourth-order valence-electron chi connectivity index (χ4n) is 3.47. The summed E-state index contributed by atoms with van der Waals surface area (Å²) in [6, 6.07) is 5.27. The number of rotatable bonds is 3. The van der Waals surface area contributed by atoms with E-state index in [-0.39, 0.29) is 12.2 Å². The fourth-order valence-corrected chi connectivity index (χ4v) is 3.47. The minimum atomic E-state index is -0.499. The molecule has 1 atom stereocenters. The van der Waals surface area contributed by atoms with E-state index in [1.54, 1.807) is 17.0 Å². The summed E-state index contributed by atoms with van der Waals surface area (Å²) in [5, 5.41) is 12.4. The van der Waals surface area contributed by atoms with Crippen molar-refractivity contribution in [2.24, 2.45) is 4.99 Å². The van der Waals surface area contributed by atoms with Crippen LogP contribution in [0.25, 0.3) is 0 Å². The number of hydrogen-bond acceptors (Lipinski definition) is 8. The molecule has 0 bridgehead atoms. The van der Waals surface area contributed by atoms with Gasteiger partial charge in [-0.3, -0.25) is 24.6 Å². The maximum atomic E-state index is 12.6. The van der Waals surface area contributed by atoms with Crippen LogP contribution in [-0.2, 0) is 0 Å². The largest absolute Gasteiger partial charge is 0.395 e.